The molecule has 40 heavy (non-hydrogen) atoms. The van der Waals surface area contributed by atoms with Crippen molar-refractivity contribution < 1.29 is 28.5 Å². The number of carbonyl (C=O) groups excluding carboxylic acids is 2. The van der Waals surface area contributed by atoms with Gasteiger partial charge in [0, 0.05) is 0 Å². The lowest BCUT2D eigenvalue weighted by atomic mass is 10.1. The third kappa shape index (κ3) is 7.37. The molecule has 8 nitrogen and oxygen atoms in total. The summed E-state index contributed by atoms with van der Waals surface area (Å²) in [5, 5.41) is 0.801. The van der Waals surface area contributed by atoms with Crippen molar-refractivity contribution in [2.45, 2.75) is 20.4 Å². The highest BCUT2D eigenvalue weighted by molar-refractivity contribution is 8.18. The molecule has 1 amide bonds. The SMILES string of the molecule is CCOC(=O)COc1c(Cl)cc(/C=C2\SC(=Nc3ccccc3)N(Cc3ccc(OC)cc3)C2=O)cc1OCC. The molecule has 0 N–H and O–H groups in total. The second-order valence-electron chi connectivity index (χ2n) is 8.44. The van der Waals surface area contributed by atoms with Gasteiger partial charge in [0.25, 0.3) is 5.91 Å². The summed E-state index contributed by atoms with van der Waals surface area (Å²) in [6.45, 7) is 4.18. The molecule has 3 aromatic carbocycles. The van der Waals surface area contributed by atoms with E-state index < -0.39 is 5.97 Å². The van der Waals surface area contributed by atoms with Gasteiger partial charge in [0.15, 0.2) is 23.3 Å². The number of esters is 1. The number of para-hydroxylation sites is 1. The van der Waals surface area contributed by atoms with Crippen molar-refractivity contribution in [2.24, 2.45) is 4.99 Å². The molecule has 0 spiro atoms. The molecule has 1 fully saturated rings. The van der Waals surface area contributed by atoms with E-state index in [1.807, 2.05) is 61.5 Å². The highest BCUT2D eigenvalue weighted by Crippen LogP contribution is 2.40. The minimum absolute atomic E-state index is 0.188. The van der Waals surface area contributed by atoms with Crippen molar-refractivity contribution in [3.63, 3.8) is 0 Å². The monoisotopic (exact) mass is 580 g/mol. The molecule has 0 saturated carbocycles. The van der Waals surface area contributed by atoms with Crippen LogP contribution >= 0.6 is 23.4 Å². The minimum atomic E-state index is -0.512. The van der Waals surface area contributed by atoms with E-state index in [9.17, 15) is 9.59 Å². The van der Waals surface area contributed by atoms with Crippen molar-refractivity contribution in [3.8, 4) is 17.2 Å². The number of amides is 1. The third-order valence-corrected chi connectivity index (χ3v) is 6.93. The molecule has 0 atom stereocenters. The maximum absolute atomic E-state index is 13.6. The summed E-state index contributed by atoms with van der Waals surface area (Å²) >= 11 is 7.81. The Labute approximate surface area is 242 Å². The lowest BCUT2D eigenvalue weighted by Crippen LogP contribution is -2.28. The van der Waals surface area contributed by atoms with Crippen LogP contribution in [0.3, 0.4) is 0 Å². The number of benzene rings is 3. The first-order chi connectivity index (χ1) is 19.4. The number of rotatable bonds is 11. The number of halogens is 1. The van der Waals surface area contributed by atoms with Gasteiger partial charge < -0.3 is 18.9 Å². The summed E-state index contributed by atoms with van der Waals surface area (Å²) < 4.78 is 21.5. The normalized spacial score (nSPS) is 15.0. The highest BCUT2D eigenvalue weighted by Gasteiger charge is 2.33. The van der Waals surface area contributed by atoms with Crippen LogP contribution in [0.25, 0.3) is 6.08 Å². The van der Waals surface area contributed by atoms with Gasteiger partial charge in [0.1, 0.15) is 5.75 Å². The first-order valence-corrected chi connectivity index (χ1v) is 13.8. The number of methoxy groups -OCH3 is 1. The number of aliphatic imine (C=N–C) groups is 1. The van der Waals surface area contributed by atoms with Crippen LogP contribution in [0.5, 0.6) is 17.2 Å². The fourth-order valence-corrected chi connectivity index (χ4v) is 5.09. The minimum Gasteiger partial charge on any atom is -0.497 e. The number of ether oxygens (including phenoxy) is 4. The van der Waals surface area contributed by atoms with Gasteiger partial charge in [-0.3, -0.25) is 9.69 Å². The molecule has 1 aliphatic heterocycles. The lowest BCUT2D eigenvalue weighted by molar-refractivity contribution is -0.145. The Hall–Kier alpha value is -3.95. The summed E-state index contributed by atoms with van der Waals surface area (Å²) in [7, 11) is 1.61. The summed E-state index contributed by atoms with van der Waals surface area (Å²) in [6.07, 6.45) is 1.74. The molecule has 0 radical (unpaired) electrons. The van der Waals surface area contributed by atoms with Crippen LogP contribution in [-0.2, 0) is 20.9 Å². The van der Waals surface area contributed by atoms with E-state index in [0.717, 1.165) is 17.0 Å². The highest BCUT2D eigenvalue weighted by atomic mass is 35.5. The molecule has 208 valence electrons. The Balaban J connectivity index is 1.65. The fraction of sp³-hybridized carbons (Fsp3) is 0.233. The number of hydrogen-bond acceptors (Lipinski definition) is 8. The Morgan fingerprint density at radius 3 is 2.45 bits per heavy atom. The van der Waals surface area contributed by atoms with E-state index in [1.165, 1.54) is 11.8 Å². The topological polar surface area (TPSA) is 86.7 Å². The van der Waals surface area contributed by atoms with Crippen LogP contribution < -0.4 is 14.2 Å². The smallest absolute Gasteiger partial charge is 0.344 e. The molecule has 0 aromatic heterocycles. The summed E-state index contributed by atoms with van der Waals surface area (Å²) in [5.74, 6) is 0.627. The molecule has 1 heterocycles. The van der Waals surface area contributed by atoms with Crippen LogP contribution in [0.15, 0.2) is 76.6 Å². The summed E-state index contributed by atoms with van der Waals surface area (Å²) in [4.78, 5) is 32.3. The Bertz CT molecular complexity index is 1410. The van der Waals surface area contributed by atoms with Gasteiger partial charge in [-0.1, -0.05) is 41.9 Å². The van der Waals surface area contributed by atoms with Gasteiger partial charge in [0.2, 0.25) is 0 Å². The number of hydrogen-bond donors (Lipinski definition) is 0. The first-order valence-electron chi connectivity index (χ1n) is 12.6. The second-order valence-corrected chi connectivity index (χ2v) is 9.85. The van der Waals surface area contributed by atoms with Gasteiger partial charge in [0.05, 0.1) is 42.5 Å². The molecular weight excluding hydrogens is 552 g/mol. The largest absolute Gasteiger partial charge is 0.497 e. The van der Waals surface area contributed by atoms with Crippen molar-refractivity contribution in [3.05, 3.63) is 87.8 Å². The third-order valence-electron chi connectivity index (χ3n) is 5.64. The van der Waals surface area contributed by atoms with E-state index in [2.05, 4.69) is 0 Å². The van der Waals surface area contributed by atoms with E-state index >= 15 is 0 Å². The maximum atomic E-state index is 13.6. The van der Waals surface area contributed by atoms with Crippen molar-refractivity contribution >= 4 is 52.2 Å². The van der Waals surface area contributed by atoms with Gasteiger partial charge in [-0.2, -0.15) is 0 Å². The van der Waals surface area contributed by atoms with Crippen LogP contribution in [0.1, 0.15) is 25.0 Å². The Morgan fingerprint density at radius 1 is 1.02 bits per heavy atom. The standard InChI is InChI=1S/C30H29ClN2O6S/c1-4-37-25-16-21(15-24(31)28(25)39-19-27(34)38-5-2)17-26-29(35)33(18-20-11-13-23(36-3)14-12-20)30(40-26)32-22-9-7-6-8-10-22/h6-17H,4-5,18-19H2,1-3H3/b26-17-,32-30?. The van der Waals surface area contributed by atoms with Crippen molar-refractivity contribution in [1.82, 2.24) is 4.90 Å². The number of nitrogens with zero attached hydrogens (tertiary/aromatic N) is 2. The molecule has 1 saturated heterocycles. The molecular formula is C30H29ClN2O6S. The maximum Gasteiger partial charge on any atom is 0.344 e. The Kier molecular flexibility index (Phi) is 10.1. The Morgan fingerprint density at radius 2 is 1.77 bits per heavy atom. The fourth-order valence-electron chi connectivity index (χ4n) is 3.82. The summed E-state index contributed by atoms with van der Waals surface area (Å²) in [5.41, 5.74) is 2.31. The van der Waals surface area contributed by atoms with Gasteiger partial charge in [-0.05, 0) is 79.2 Å². The van der Waals surface area contributed by atoms with Crippen LogP contribution in [0.4, 0.5) is 5.69 Å². The zero-order valence-corrected chi connectivity index (χ0v) is 24.0. The molecule has 0 aliphatic carbocycles. The molecule has 4 rings (SSSR count). The van der Waals surface area contributed by atoms with Crippen LogP contribution in [0.2, 0.25) is 5.02 Å². The van der Waals surface area contributed by atoms with E-state index in [1.54, 1.807) is 37.1 Å². The quantitative estimate of drug-likeness (QED) is 0.189. The zero-order valence-electron chi connectivity index (χ0n) is 22.4. The van der Waals surface area contributed by atoms with Gasteiger partial charge in [-0.25, -0.2) is 9.79 Å². The predicted molar refractivity (Wildman–Crippen MR) is 157 cm³/mol. The van der Waals surface area contributed by atoms with Crippen LogP contribution in [-0.4, -0.2) is 48.9 Å². The number of thioether (sulfide) groups is 1. The molecule has 0 unspecified atom stereocenters. The molecule has 0 bridgehead atoms. The predicted octanol–water partition coefficient (Wildman–Crippen LogP) is 6.49. The van der Waals surface area contributed by atoms with Crippen LogP contribution in [0, 0.1) is 0 Å². The molecule has 10 heteroatoms. The van der Waals surface area contributed by atoms with Crippen molar-refractivity contribution in [2.75, 3.05) is 26.9 Å². The van der Waals surface area contributed by atoms with Gasteiger partial charge in [-0.15, -0.1) is 0 Å². The molecule has 1 aliphatic rings. The second kappa shape index (κ2) is 13.9. The van der Waals surface area contributed by atoms with Gasteiger partial charge >= 0.3 is 5.97 Å². The number of carbonyl (C=O) groups is 2. The zero-order chi connectivity index (χ0) is 28.5. The van der Waals surface area contributed by atoms with E-state index in [0.29, 0.717) is 34.5 Å². The molecule has 3 aromatic rings. The average Bonchev–Trinajstić information content (AvgIpc) is 3.22. The first kappa shape index (κ1) is 29.0. The van der Waals surface area contributed by atoms with Crippen molar-refractivity contribution in [1.29, 1.82) is 0 Å². The number of amidine groups is 1. The van der Waals surface area contributed by atoms with E-state index in [4.69, 9.17) is 35.5 Å². The van der Waals surface area contributed by atoms with E-state index in [-0.39, 0.29) is 29.9 Å². The summed E-state index contributed by atoms with van der Waals surface area (Å²) in [6, 6.07) is 20.4. The average molecular weight is 581 g/mol. The lowest BCUT2D eigenvalue weighted by Gasteiger charge is -2.16.